The van der Waals surface area contributed by atoms with Crippen molar-refractivity contribution in [2.75, 3.05) is 5.32 Å². The van der Waals surface area contributed by atoms with Crippen molar-refractivity contribution in [2.24, 2.45) is 0 Å². The molecule has 0 fully saturated rings. The number of ether oxygens (including phenoxy) is 1. The van der Waals surface area contributed by atoms with E-state index in [1.54, 1.807) is 0 Å². The van der Waals surface area contributed by atoms with Gasteiger partial charge in [-0.3, -0.25) is 0 Å². The predicted molar refractivity (Wildman–Crippen MR) is 99.2 cm³/mol. The smallest absolute Gasteiger partial charge is 0.137 e. The highest BCUT2D eigenvalue weighted by molar-refractivity contribution is 6.04. The molecule has 1 heterocycles. The molecular weight excluding hydrogens is 294 g/mol. The predicted octanol–water partition coefficient (Wildman–Crippen LogP) is 6.36. The molecule has 5 rings (SSSR count). The zero-order valence-corrected chi connectivity index (χ0v) is 13.0. The number of hydrogen-bond donors (Lipinski definition) is 1. The maximum Gasteiger partial charge on any atom is 0.137 e. The van der Waals surface area contributed by atoms with E-state index in [2.05, 4.69) is 59.9 Å². The van der Waals surface area contributed by atoms with Crippen molar-refractivity contribution < 1.29 is 4.74 Å². The normalized spacial score (nSPS) is 11.7. The van der Waals surface area contributed by atoms with Gasteiger partial charge in [-0.2, -0.15) is 0 Å². The second kappa shape index (κ2) is 5.14. The number of hydrogen-bond acceptors (Lipinski definition) is 2. The van der Waals surface area contributed by atoms with Crippen molar-refractivity contribution in [2.45, 2.75) is 0 Å². The number of benzene rings is 4. The van der Waals surface area contributed by atoms with Crippen LogP contribution in [0.4, 0.5) is 11.4 Å². The van der Waals surface area contributed by atoms with Crippen LogP contribution in [0.15, 0.2) is 84.9 Å². The molecule has 0 amide bonds. The summed E-state index contributed by atoms with van der Waals surface area (Å²) in [4.78, 5) is 0. The minimum atomic E-state index is 0.891. The van der Waals surface area contributed by atoms with E-state index in [1.807, 2.05) is 30.3 Å². The van der Waals surface area contributed by atoms with E-state index in [1.165, 1.54) is 16.3 Å². The minimum Gasteiger partial charge on any atom is -0.456 e. The molecule has 0 aromatic heterocycles. The first-order chi connectivity index (χ1) is 11.9. The molecular formula is C22H15NO. The van der Waals surface area contributed by atoms with Gasteiger partial charge in [0.25, 0.3) is 0 Å². The van der Waals surface area contributed by atoms with Gasteiger partial charge in [-0.25, -0.2) is 0 Å². The summed E-state index contributed by atoms with van der Waals surface area (Å²) in [5.41, 5.74) is 4.45. The van der Waals surface area contributed by atoms with Crippen LogP contribution in [0.25, 0.3) is 21.9 Å². The van der Waals surface area contributed by atoms with Crippen LogP contribution in [-0.4, -0.2) is 0 Å². The van der Waals surface area contributed by atoms with Crippen molar-refractivity contribution in [3.8, 4) is 22.6 Å². The third-order valence-electron chi connectivity index (χ3n) is 4.42. The molecule has 1 N–H and O–H groups in total. The van der Waals surface area contributed by atoms with E-state index in [4.69, 9.17) is 4.74 Å². The van der Waals surface area contributed by atoms with Gasteiger partial charge >= 0.3 is 0 Å². The molecule has 0 aliphatic carbocycles. The number of anilines is 2. The summed E-state index contributed by atoms with van der Waals surface area (Å²) in [7, 11) is 0. The molecule has 0 bridgehead atoms. The van der Waals surface area contributed by atoms with E-state index in [-0.39, 0.29) is 0 Å². The van der Waals surface area contributed by atoms with E-state index >= 15 is 0 Å². The first kappa shape index (κ1) is 13.2. The Morgan fingerprint density at radius 1 is 0.583 bits per heavy atom. The average Bonchev–Trinajstić information content (AvgIpc) is 2.63. The molecule has 24 heavy (non-hydrogen) atoms. The lowest BCUT2D eigenvalue weighted by Crippen LogP contribution is -1.98. The molecule has 2 heteroatoms. The maximum atomic E-state index is 6.19. The fraction of sp³-hybridized carbons (Fsp3) is 0. The SMILES string of the molecule is c1ccc(Nc2ccc3c(c2)Oc2cccc4cccc-3c24)cc1. The van der Waals surface area contributed by atoms with Crippen LogP contribution in [0.1, 0.15) is 0 Å². The third-order valence-corrected chi connectivity index (χ3v) is 4.42. The van der Waals surface area contributed by atoms with Gasteiger partial charge in [0.05, 0.1) is 0 Å². The number of rotatable bonds is 2. The Morgan fingerprint density at radius 3 is 2.29 bits per heavy atom. The fourth-order valence-corrected chi connectivity index (χ4v) is 3.33. The van der Waals surface area contributed by atoms with Crippen molar-refractivity contribution in [3.05, 3.63) is 84.9 Å². The summed E-state index contributed by atoms with van der Waals surface area (Å²) >= 11 is 0. The Hall–Kier alpha value is -3.26. The molecule has 1 aliphatic heterocycles. The highest BCUT2D eigenvalue weighted by Gasteiger charge is 2.19. The Kier molecular flexibility index (Phi) is 2.83. The molecule has 0 atom stereocenters. The van der Waals surface area contributed by atoms with Gasteiger partial charge in [0.2, 0.25) is 0 Å². The highest BCUT2D eigenvalue weighted by atomic mass is 16.5. The highest BCUT2D eigenvalue weighted by Crippen LogP contribution is 2.47. The minimum absolute atomic E-state index is 0.891. The van der Waals surface area contributed by atoms with Crippen LogP contribution in [0.3, 0.4) is 0 Å². The standard InChI is InChI=1S/C22H15NO/c1-2-8-16(9-3-1)23-17-12-13-18-19-10-4-6-15-7-5-11-20(22(15)19)24-21(18)14-17/h1-14,23H. The van der Waals surface area contributed by atoms with Gasteiger partial charge in [0.1, 0.15) is 11.5 Å². The maximum absolute atomic E-state index is 6.19. The van der Waals surface area contributed by atoms with Gasteiger partial charge in [-0.1, -0.05) is 48.5 Å². The van der Waals surface area contributed by atoms with Crippen molar-refractivity contribution >= 4 is 22.1 Å². The molecule has 0 spiro atoms. The molecule has 0 radical (unpaired) electrons. The first-order valence-corrected chi connectivity index (χ1v) is 8.04. The van der Waals surface area contributed by atoms with Gasteiger partial charge in [-0.15, -0.1) is 0 Å². The zero-order valence-electron chi connectivity index (χ0n) is 13.0. The van der Waals surface area contributed by atoms with Crippen molar-refractivity contribution in [1.82, 2.24) is 0 Å². The lowest BCUT2D eigenvalue weighted by molar-refractivity contribution is 0.487. The second-order valence-corrected chi connectivity index (χ2v) is 5.96. The lowest BCUT2D eigenvalue weighted by Gasteiger charge is -2.22. The molecule has 0 saturated carbocycles. The van der Waals surface area contributed by atoms with Crippen LogP contribution < -0.4 is 10.1 Å². The summed E-state index contributed by atoms with van der Waals surface area (Å²) in [6.45, 7) is 0. The monoisotopic (exact) mass is 309 g/mol. The Morgan fingerprint density at radius 2 is 1.42 bits per heavy atom. The number of fused-ring (bicyclic) bond motifs is 2. The fourth-order valence-electron chi connectivity index (χ4n) is 3.33. The molecule has 4 aromatic carbocycles. The van der Waals surface area contributed by atoms with Crippen LogP contribution in [-0.2, 0) is 0 Å². The molecule has 4 aromatic rings. The van der Waals surface area contributed by atoms with Crippen LogP contribution in [0.5, 0.6) is 11.5 Å². The van der Waals surface area contributed by atoms with Gasteiger partial charge in [0.15, 0.2) is 0 Å². The van der Waals surface area contributed by atoms with Gasteiger partial charge < -0.3 is 10.1 Å². The molecule has 0 unspecified atom stereocenters. The Balaban J connectivity index is 1.63. The third kappa shape index (κ3) is 2.04. The average molecular weight is 309 g/mol. The lowest BCUT2D eigenvalue weighted by atomic mass is 9.94. The number of para-hydroxylation sites is 1. The van der Waals surface area contributed by atoms with Crippen LogP contribution in [0.2, 0.25) is 0 Å². The topological polar surface area (TPSA) is 21.3 Å². The van der Waals surface area contributed by atoms with E-state index in [0.717, 1.165) is 28.4 Å². The summed E-state index contributed by atoms with van der Waals surface area (Å²) < 4.78 is 6.19. The quantitative estimate of drug-likeness (QED) is 0.410. The molecule has 0 saturated heterocycles. The zero-order chi connectivity index (χ0) is 15.9. The van der Waals surface area contributed by atoms with Crippen molar-refractivity contribution in [1.29, 1.82) is 0 Å². The summed E-state index contributed by atoms with van der Waals surface area (Å²) in [6, 6.07) is 29.1. The van der Waals surface area contributed by atoms with Crippen LogP contribution in [0, 0.1) is 0 Å². The van der Waals surface area contributed by atoms with E-state index in [9.17, 15) is 0 Å². The number of nitrogens with one attached hydrogen (secondary N) is 1. The van der Waals surface area contributed by atoms with E-state index in [0.29, 0.717) is 0 Å². The van der Waals surface area contributed by atoms with E-state index < -0.39 is 0 Å². The van der Waals surface area contributed by atoms with Gasteiger partial charge in [-0.05, 0) is 41.3 Å². The second-order valence-electron chi connectivity index (χ2n) is 5.96. The largest absolute Gasteiger partial charge is 0.456 e. The van der Waals surface area contributed by atoms with Gasteiger partial charge in [0, 0.05) is 28.4 Å². The summed E-state index contributed by atoms with van der Waals surface area (Å²) in [5.74, 6) is 1.81. The molecule has 2 nitrogen and oxygen atoms in total. The summed E-state index contributed by atoms with van der Waals surface area (Å²) in [6.07, 6.45) is 0. The Labute approximate surface area is 140 Å². The first-order valence-electron chi connectivity index (χ1n) is 8.04. The van der Waals surface area contributed by atoms with Crippen molar-refractivity contribution in [3.63, 3.8) is 0 Å². The summed E-state index contributed by atoms with van der Waals surface area (Å²) in [5, 5.41) is 5.82. The molecule has 114 valence electrons. The van der Waals surface area contributed by atoms with Crippen LogP contribution >= 0.6 is 0 Å². The Bertz CT molecular complexity index is 1050. The molecule has 1 aliphatic rings.